The van der Waals surface area contributed by atoms with Gasteiger partial charge in [-0.3, -0.25) is 4.68 Å². The van der Waals surface area contributed by atoms with Crippen molar-refractivity contribution in [2.45, 2.75) is 25.5 Å². The summed E-state index contributed by atoms with van der Waals surface area (Å²) in [6.45, 7) is 3.90. The largest absolute Gasteiger partial charge is 0.491 e. The normalized spacial score (nSPS) is 20.3. The van der Waals surface area contributed by atoms with E-state index in [0.717, 1.165) is 31.8 Å². The maximum absolute atomic E-state index is 10.2. The Morgan fingerprint density at radius 3 is 2.96 bits per heavy atom. The molecule has 1 aromatic heterocycles. The summed E-state index contributed by atoms with van der Waals surface area (Å²) in [6, 6.07) is 9.62. The average Bonchev–Trinajstić information content (AvgIpc) is 3.07. The van der Waals surface area contributed by atoms with Crippen LogP contribution in [0.2, 0.25) is 0 Å². The number of benzene rings is 1. The molecule has 1 aliphatic heterocycles. The maximum atomic E-state index is 10.2. The van der Waals surface area contributed by atoms with E-state index >= 15 is 0 Å². The molecule has 6 heteroatoms. The number of para-hydroxylation sites is 1. The van der Waals surface area contributed by atoms with Gasteiger partial charge in [-0.15, -0.1) is 0 Å². The quantitative estimate of drug-likeness (QED) is 0.837. The van der Waals surface area contributed by atoms with E-state index in [-0.39, 0.29) is 0 Å². The molecule has 0 amide bonds. The fourth-order valence-corrected chi connectivity index (χ4v) is 3.12. The number of β-amino-alcohol motifs (C(OH)–C–C–N with tert-alkyl or cyclic N) is 1. The summed E-state index contributed by atoms with van der Waals surface area (Å²) < 4.78 is 7.51. The van der Waals surface area contributed by atoms with Crippen molar-refractivity contribution in [3.8, 4) is 5.75 Å². The van der Waals surface area contributed by atoms with E-state index in [1.54, 1.807) is 12.7 Å². The highest BCUT2D eigenvalue weighted by Crippen LogP contribution is 2.18. The van der Waals surface area contributed by atoms with Gasteiger partial charge in [-0.05, 0) is 37.4 Å². The lowest BCUT2D eigenvalue weighted by atomic mass is 9.98. The molecule has 2 aromatic rings. The van der Waals surface area contributed by atoms with Crippen LogP contribution < -0.4 is 4.74 Å². The molecule has 0 radical (unpaired) electrons. The number of aliphatic hydroxyl groups is 1. The van der Waals surface area contributed by atoms with Crippen molar-refractivity contribution in [1.82, 2.24) is 19.7 Å². The Morgan fingerprint density at radius 2 is 2.17 bits per heavy atom. The zero-order valence-corrected chi connectivity index (χ0v) is 13.3. The van der Waals surface area contributed by atoms with Crippen LogP contribution in [0.4, 0.5) is 0 Å². The number of ether oxygens (including phenoxy) is 1. The zero-order valence-electron chi connectivity index (χ0n) is 13.3. The first kappa shape index (κ1) is 16.0. The average molecular weight is 316 g/mol. The summed E-state index contributed by atoms with van der Waals surface area (Å²) in [5.74, 6) is 1.36. The first-order chi connectivity index (χ1) is 11.3. The van der Waals surface area contributed by atoms with Gasteiger partial charge in [0, 0.05) is 19.6 Å². The number of piperidine rings is 1. The van der Waals surface area contributed by atoms with Gasteiger partial charge in [0.15, 0.2) is 0 Å². The van der Waals surface area contributed by atoms with Crippen molar-refractivity contribution in [3.63, 3.8) is 0 Å². The van der Waals surface area contributed by atoms with Gasteiger partial charge in [-0.2, -0.15) is 5.10 Å². The number of aliphatic hydroxyl groups excluding tert-OH is 1. The molecule has 124 valence electrons. The third-order valence-corrected chi connectivity index (χ3v) is 4.17. The molecule has 0 spiro atoms. The van der Waals surface area contributed by atoms with E-state index in [9.17, 15) is 5.11 Å². The minimum atomic E-state index is -0.472. The fraction of sp³-hybridized carbons (Fsp3) is 0.529. The second-order valence-electron chi connectivity index (χ2n) is 6.16. The van der Waals surface area contributed by atoms with Crippen LogP contribution in [0.15, 0.2) is 43.0 Å². The number of aromatic nitrogens is 3. The highest BCUT2D eigenvalue weighted by molar-refractivity contribution is 5.20. The molecule has 3 rings (SSSR count). The first-order valence-corrected chi connectivity index (χ1v) is 8.20. The lowest BCUT2D eigenvalue weighted by Crippen LogP contribution is -2.42. The lowest BCUT2D eigenvalue weighted by Gasteiger charge is -2.33. The van der Waals surface area contributed by atoms with Gasteiger partial charge in [0.1, 0.15) is 31.1 Å². The van der Waals surface area contributed by atoms with E-state index in [0.29, 0.717) is 19.1 Å². The van der Waals surface area contributed by atoms with Crippen molar-refractivity contribution in [2.75, 3.05) is 26.2 Å². The van der Waals surface area contributed by atoms with E-state index < -0.39 is 6.10 Å². The van der Waals surface area contributed by atoms with Crippen LogP contribution in [-0.4, -0.2) is 57.1 Å². The zero-order chi connectivity index (χ0) is 15.9. The molecular formula is C17H24N4O2. The molecule has 1 aromatic carbocycles. The second-order valence-corrected chi connectivity index (χ2v) is 6.16. The van der Waals surface area contributed by atoms with Gasteiger partial charge in [0.05, 0.1) is 0 Å². The van der Waals surface area contributed by atoms with Gasteiger partial charge >= 0.3 is 0 Å². The molecule has 0 bridgehead atoms. The summed E-state index contributed by atoms with van der Waals surface area (Å²) in [5.41, 5.74) is 0. The molecule has 0 unspecified atom stereocenters. The summed E-state index contributed by atoms with van der Waals surface area (Å²) in [7, 11) is 0. The van der Waals surface area contributed by atoms with Crippen LogP contribution in [0.3, 0.4) is 0 Å². The van der Waals surface area contributed by atoms with Crippen LogP contribution in [0.25, 0.3) is 0 Å². The van der Waals surface area contributed by atoms with Gasteiger partial charge in [0.2, 0.25) is 0 Å². The topological polar surface area (TPSA) is 63.4 Å². The Hall–Kier alpha value is -1.92. The number of rotatable bonds is 7. The molecule has 2 heterocycles. The Bertz CT molecular complexity index is 561. The molecule has 0 aliphatic carbocycles. The van der Waals surface area contributed by atoms with Crippen LogP contribution in [0.5, 0.6) is 5.75 Å². The minimum absolute atomic E-state index is 0.328. The highest BCUT2D eigenvalue weighted by Gasteiger charge is 2.22. The predicted octanol–water partition coefficient (Wildman–Crippen LogP) is 1.43. The molecular weight excluding hydrogens is 292 g/mol. The smallest absolute Gasteiger partial charge is 0.137 e. The van der Waals surface area contributed by atoms with Crippen molar-refractivity contribution >= 4 is 0 Å². The van der Waals surface area contributed by atoms with Gasteiger partial charge in [-0.1, -0.05) is 18.2 Å². The Balaban J connectivity index is 1.41. The molecule has 1 aliphatic rings. The number of hydrogen-bond donors (Lipinski definition) is 1. The van der Waals surface area contributed by atoms with Crippen molar-refractivity contribution in [3.05, 3.63) is 43.0 Å². The molecule has 2 atom stereocenters. The summed E-state index contributed by atoms with van der Waals surface area (Å²) >= 11 is 0. The predicted molar refractivity (Wildman–Crippen MR) is 87.1 cm³/mol. The summed E-state index contributed by atoms with van der Waals surface area (Å²) in [4.78, 5) is 6.31. The van der Waals surface area contributed by atoms with E-state index in [1.165, 1.54) is 6.42 Å². The van der Waals surface area contributed by atoms with E-state index in [2.05, 4.69) is 15.0 Å². The van der Waals surface area contributed by atoms with E-state index in [1.807, 2.05) is 35.0 Å². The highest BCUT2D eigenvalue weighted by atomic mass is 16.5. The Kier molecular flexibility index (Phi) is 5.60. The lowest BCUT2D eigenvalue weighted by molar-refractivity contribution is 0.0495. The molecule has 1 saturated heterocycles. The standard InChI is InChI=1S/C17H24N4O2/c22-16(12-23-17-6-2-1-3-7-17)11-20-8-4-5-15(9-20)10-21-14-18-13-19-21/h1-3,6-7,13-16,22H,4-5,8-12H2/t15-,16-/m1/s1. The number of likely N-dealkylation sites (tertiary alicyclic amines) is 1. The van der Waals surface area contributed by atoms with Crippen LogP contribution in [0, 0.1) is 5.92 Å². The molecule has 1 fully saturated rings. The minimum Gasteiger partial charge on any atom is -0.491 e. The van der Waals surface area contributed by atoms with Gasteiger partial charge in [0.25, 0.3) is 0 Å². The fourth-order valence-electron chi connectivity index (χ4n) is 3.12. The molecule has 1 N–H and O–H groups in total. The third-order valence-electron chi connectivity index (χ3n) is 4.17. The monoisotopic (exact) mass is 316 g/mol. The van der Waals surface area contributed by atoms with Gasteiger partial charge < -0.3 is 14.7 Å². The number of hydrogen-bond acceptors (Lipinski definition) is 5. The van der Waals surface area contributed by atoms with Crippen molar-refractivity contribution in [2.24, 2.45) is 5.92 Å². The summed E-state index contributed by atoms with van der Waals surface area (Å²) in [6.07, 6.45) is 5.23. The third kappa shape index (κ3) is 5.04. The SMILES string of the molecule is O[C@@H](COc1ccccc1)CN1CCC[C@@H](Cn2cncn2)C1. The van der Waals surface area contributed by atoms with Crippen molar-refractivity contribution < 1.29 is 9.84 Å². The summed E-state index contributed by atoms with van der Waals surface area (Å²) in [5, 5.41) is 14.4. The second kappa shape index (κ2) is 8.08. The Labute approximate surface area is 136 Å². The molecule has 6 nitrogen and oxygen atoms in total. The Morgan fingerprint density at radius 1 is 1.30 bits per heavy atom. The van der Waals surface area contributed by atoms with E-state index in [4.69, 9.17) is 4.74 Å². The van der Waals surface area contributed by atoms with Crippen LogP contribution in [-0.2, 0) is 6.54 Å². The molecule has 0 saturated carbocycles. The van der Waals surface area contributed by atoms with Crippen LogP contribution >= 0.6 is 0 Å². The van der Waals surface area contributed by atoms with Gasteiger partial charge in [-0.25, -0.2) is 4.98 Å². The molecule has 23 heavy (non-hydrogen) atoms. The first-order valence-electron chi connectivity index (χ1n) is 8.20. The van der Waals surface area contributed by atoms with Crippen molar-refractivity contribution in [1.29, 1.82) is 0 Å². The number of nitrogens with zero attached hydrogens (tertiary/aromatic N) is 4. The maximum Gasteiger partial charge on any atom is 0.137 e. The van der Waals surface area contributed by atoms with Crippen LogP contribution in [0.1, 0.15) is 12.8 Å².